The summed E-state index contributed by atoms with van der Waals surface area (Å²) < 4.78 is 23.1. The lowest BCUT2D eigenvalue weighted by Crippen LogP contribution is -2.38. The molecule has 0 fully saturated rings. The number of hydrogen-bond donors (Lipinski definition) is 1. The lowest BCUT2D eigenvalue weighted by molar-refractivity contribution is 0.456. The van der Waals surface area contributed by atoms with Gasteiger partial charge in [0.1, 0.15) is 0 Å². The van der Waals surface area contributed by atoms with Crippen LogP contribution in [0.4, 0.5) is 0 Å². The van der Waals surface area contributed by atoms with Gasteiger partial charge >= 0.3 is 0 Å². The van der Waals surface area contributed by atoms with E-state index in [4.69, 9.17) is 0 Å². The van der Waals surface area contributed by atoms with Crippen molar-refractivity contribution in [1.82, 2.24) is 5.32 Å². The number of hydrogen-bond acceptors (Lipinski definition) is 3. The molecule has 4 heteroatoms. The van der Waals surface area contributed by atoms with Gasteiger partial charge in [-0.3, -0.25) is 0 Å². The molecule has 1 N–H and O–H groups in total. The minimum Gasteiger partial charge on any atom is -0.315 e. The Hall–Kier alpha value is -0.0900. The first kappa shape index (κ1) is 14.9. The van der Waals surface area contributed by atoms with E-state index < -0.39 is 9.84 Å². The molecule has 0 aliphatic carbocycles. The van der Waals surface area contributed by atoms with Crippen LogP contribution in [0.3, 0.4) is 0 Å². The Morgan fingerprint density at radius 3 is 2.00 bits per heavy atom. The van der Waals surface area contributed by atoms with Gasteiger partial charge in [0.25, 0.3) is 0 Å². The van der Waals surface area contributed by atoms with E-state index in [-0.39, 0.29) is 11.2 Å². The second kappa shape index (κ2) is 6.48. The van der Waals surface area contributed by atoms with E-state index in [0.29, 0.717) is 12.5 Å². The van der Waals surface area contributed by atoms with Gasteiger partial charge in [0.15, 0.2) is 9.84 Å². The van der Waals surface area contributed by atoms with Gasteiger partial charge in [-0.25, -0.2) is 8.42 Å². The first-order valence-corrected chi connectivity index (χ1v) is 7.64. The molecule has 0 aliphatic heterocycles. The maximum Gasteiger partial charge on any atom is 0.151 e. The summed E-state index contributed by atoms with van der Waals surface area (Å²) >= 11 is 0. The second-order valence-corrected chi connectivity index (χ2v) is 7.07. The largest absolute Gasteiger partial charge is 0.315 e. The molecule has 0 amide bonds. The van der Waals surface area contributed by atoms with Crippen molar-refractivity contribution in [2.45, 2.75) is 39.4 Å². The fourth-order valence-electron chi connectivity index (χ4n) is 1.55. The zero-order valence-corrected chi connectivity index (χ0v) is 11.4. The standard InChI is InChI=1S/C11H25NO2S/c1-6-10(4)11(15(5,13)14)8-12-7-9(2)3/h9-12H,6-8H2,1-5H3. The summed E-state index contributed by atoms with van der Waals surface area (Å²) in [6.07, 6.45) is 2.24. The Morgan fingerprint density at radius 1 is 1.13 bits per heavy atom. The van der Waals surface area contributed by atoms with Gasteiger partial charge < -0.3 is 5.32 Å². The molecule has 92 valence electrons. The molecular weight excluding hydrogens is 210 g/mol. The van der Waals surface area contributed by atoms with Gasteiger partial charge in [-0.05, 0) is 18.4 Å². The van der Waals surface area contributed by atoms with Crippen LogP contribution in [0, 0.1) is 11.8 Å². The van der Waals surface area contributed by atoms with Gasteiger partial charge in [0.05, 0.1) is 5.25 Å². The molecule has 3 nitrogen and oxygen atoms in total. The normalized spacial score (nSPS) is 16.7. The van der Waals surface area contributed by atoms with Crippen molar-refractivity contribution in [3.05, 3.63) is 0 Å². The fourth-order valence-corrected chi connectivity index (χ4v) is 3.01. The van der Waals surface area contributed by atoms with E-state index in [9.17, 15) is 8.42 Å². The summed E-state index contributed by atoms with van der Waals surface area (Å²) in [7, 11) is -2.94. The van der Waals surface area contributed by atoms with Crippen molar-refractivity contribution in [3.63, 3.8) is 0 Å². The average Bonchev–Trinajstić information content (AvgIpc) is 2.09. The first-order chi connectivity index (χ1) is 6.79. The molecule has 2 atom stereocenters. The lowest BCUT2D eigenvalue weighted by Gasteiger charge is -2.22. The highest BCUT2D eigenvalue weighted by Gasteiger charge is 2.25. The van der Waals surface area contributed by atoms with Crippen LogP contribution in [0.5, 0.6) is 0 Å². The van der Waals surface area contributed by atoms with Crippen molar-refractivity contribution in [3.8, 4) is 0 Å². The van der Waals surface area contributed by atoms with E-state index in [0.717, 1.165) is 13.0 Å². The van der Waals surface area contributed by atoms with Gasteiger partial charge in [-0.1, -0.05) is 34.1 Å². The number of sulfone groups is 1. The summed E-state index contributed by atoms with van der Waals surface area (Å²) in [5, 5.41) is 2.98. The Bertz CT molecular complexity index is 260. The van der Waals surface area contributed by atoms with Crippen molar-refractivity contribution in [2.24, 2.45) is 11.8 Å². The first-order valence-electron chi connectivity index (χ1n) is 5.68. The van der Waals surface area contributed by atoms with Crippen molar-refractivity contribution in [1.29, 1.82) is 0 Å². The number of rotatable bonds is 7. The number of nitrogens with one attached hydrogen (secondary N) is 1. The molecule has 0 aliphatic rings. The minimum atomic E-state index is -2.94. The summed E-state index contributed by atoms with van der Waals surface area (Å²) in [5.74, 6) is 0.779. The van der Waals surface area contributed by atoms with E-state index in [1.165, 1.54) is 6.26 Å². The van der Waals surface area contributed by atoms with Crippen LogP contribution >= 0.6 is 0 Å². The molecule has 0 saturated heterocycles. The zero-order valence-electron chi connectivity index (χ0n) is 10.6. The van der Waals surface area contributed by atoms with Crippen LogP contribution < -0.4 is 5.32 Å². The Morgan fingerprint density at radius 2 is 1.67 bits per heavy atom. The topological polar surface area (TPSA) is 46.2 Å². The van der Waals surface area contributed by atoms with Crippen LogP contribution in [0.2, 0.25) is 0 Å². The molecule has 15 heavy (non-hydrogen) atoms. The molecule has 0 aromatic carbocycles. The van der Waals surface area contributed by atoms with E-state index in [1.807, 2.05) is 13.8 Å². The second-order valence-electron chi connectivity index (χ2n) is 4.81. The van der Waals surface area contributed by atoms with Crippen LogP contribution in [0.15, 0.2) is 0 Å². The SMILES string of the molecule is CCC(C)C(CNCC(C)C)S(C)(=O)=O. The summed E-state index contributed by atoms with van der Waals surface area (Å²) in [6.45, 7) is 9.72. The summed E-state index contributed by atoms with van der Waals surface area (Å²) in [4.78, 5) is 0. The molecule has 0 aromatic rings. The zero-order chi connectivity index (χ0) is 12.1. The molecular formula is C11H25NO2S. The highest BCUT2D eigenvalue weighted by atomic mass is 32.2. The average molecular weight is 235 g/mol. The third-order valence-electron chi connectivity index (χ3n) is 2.73. The van der Waals surface area contributed by atoms with Gasteiger partial charge in [-0.15, -0.1) is 0 Å². The third kappa shape index (κ3) is 6.15. The predicted octanol–water partition coefficient (Wildman–Crippen LogP) is 1.69. The lowest BCUT2D eigenvalue weighted by atomic mass is 10.0. The van der Waals surface area contributed by atoms with E-state index in [2.05, 4.69) is 19.2 Å². The molecule has 2 unspecified atom stereocenters. The van der Waals surface area contributed by atoms with Gasteiger partial charge in [0.2, 0.25) is 0 Å². The fraction of sp³-hybridized carbons (Fsp3) is 1.00. The van der Waals surface area contributed by atoms with Crippen molar-refractivity contribution < 1.29 is 8.42 Å². The van der Waals surface area contributed by atoms with Crippen molar-refractivity contribution >= 4 is 9.84 Å². The van der Waals surface area contributed by atoms with Crippen LogP contribution in [-0.2, 0) is 9.84 Å². The third-order valence-corrected chi connectivity index (χ3v) is 4.46. The highest BCUT2D eigenvalue weighted by molar-refractivity contribution is 7.91. The molecule has 0 radical (unpaired) electrons. The smallest absolute Gasteiger partial charge is 0.151 e. The van der Waals surface area contributed by atoms with Crippen molar-refractivity contribution in [2.75, 3.05) is 19.3 Å². The van der Waals surface area contributed by atoms with Gasteiger partial charge in [0, 0.05) is 12.8 Å². The molecule has 0 saturated carbocycles. The van der Waals surface area contributed by atoms with Gasteiger partial charge in [-0.2, -0.15) is 0 Å². The summed E-state index contributed by atoms with van der Waals surface area (Å²) in [6, 6.07) is 0. The minimum absolute atomic E-state index is 0.222. The Labute approximate surface area is 94.6 Å². The van der Waals surface area contributed by atoms with Crippen LogP contribution in [0.25, 0.3) is 0 Å². The molecule has 0 spiro atoms. The van der Waals surface area contributed by atoms with Crippen LogP contribution in [-0.4, -0.2) is 33.0 Å². The molecule has 0 aromatic heterocycles. The molecule has 0 bridgehead atoms. The summed E-state index contributed by atoms with van der Waals surface area (Å²) in [5.41, 5.74) is 0. The molecule has 0 heterocycles. The Kier molecular flexibility index (Phi) is 6.44. The quantitative estimate of drug-likeness (QED) is 0.730. The Balaban J connectivity index is 4.28. The maximum atomic E-state index is 11.6. The van der Waals surface area contributed by atoms with Crippen LogP contribution in [0.1, 0.15) is 34.1 Å². The maximum absolute atomic E-state index is 11.6. The van der Waals surface area contributed by atoms with E-state index in [1.54, 1.807) is 0 Å². The monoisotopic (exact) mass is 235 g/mol. The van der Waals surface area contributed by atoms with E-state index >= 15 is 0 Å². The molecule has 0 rings (SSSR count). The predicted molar refractivity (Wildman–Crippen MR) is 65.8 cm³/mol. The highest BCUT2D eigenvalue weighted by Crippen LogP contribution is 2.14.